The van der Waals surface area contributed by atoms with Gasteiger partial charge >= 0.3 is 0 Å². The minimum Gasteiger partial charge on any atom is -0.396 e. The van der Waals surface area contributed by atoms with E-state index in [9.17, 15) is 0 Å². The van der Waals surface area contributed by atoms with Crippen molar-refractivity contribution in [1.82, 2.24) is 0 Å². The summed E-state index contributed by atoms with van der Waals surface area (Å²) in [4.78, 5) is 0. The Bertz CT molecular complexity index is 453. The van der Waals surface area contributed by atoms with Crippen LogP contribution in [0.15, 0.2) is 60.7 Å². The van der Waals surface area contributed by atoms with Crippen molar-refractivity contribution < 1.29 is 14.6 Å². The molecule has 0 aromatic heterocycles. The van der Waals surface area contributed by atoms with E-state index in [0.29, 0.717) is 32.8 Å². The van der Waals surface area contributed by atoms with Crippen LogP contribution in [0.5, 0.6) is 0 Å². The summed E-state index contributed by atoms with van der Waals surface area (Å²) in [5.74, 6) is 0.220. The van der Waals surface area contributed by atoms with E-state index in [1.165, 1.54) is 0 Å². The lowest BCUT2D eigenvalue weighted by Gasteiger charge is -2.16. The van der Waals surface area contributed by atoms with E-state index in [1.54, 1.807) is 0 Å². The van der Waals surface area contributed by atoms with Crippen molar-refractivity contribution in [3.05, 3.63) is 71.8 Å². The average Bonchev–Trinajstić information content (AvgIpc) is 2.57. The molecule has 0 atom stereocenters. The summed E-state index contributed by atoms with van der Waals surface area (Å²) in [6.07, 6.45) is 0.698. The van der Waals surface area contributed by atoms with Crippen molar-refractivity contribution in [2.75, 3.05) is 19.8 Å². The second kappa shape index (κ2) is 10.1. The zero-order chi connectivity index (χ0) is 15.5. The van der Waals surface area contributed by atoms with Gasteiger partial charge in [0, 0.05) is 12.5 Å². The number of aliphatic hydroxyl groups excluding tert-OH is 1. The molecule has 0 heterocycles. The Balaban J connectivity index is 1.68. The van der Waals surface area contributed by atoms with E-state index in [-0.39, 0.29) is 12.5 Å². The normalized spacial score (nSPS) is 11.0. The molecular formula is C19H24O3. The van der Waals surface area contributed by atoms with Crippen LogP contribution in [0.1, 0.15) is 17.5 Å². The fourth-order valence-corrected chi connectivity index (χ4v) is 2.23. The molecule has 0 bridgehead atoms. The Labute approximate surface area is 132 Å². The van der Waals surface area contributed by atoms with Crippen molar-refractivity contribution in [3.8, 4) is 0 Å². The first-order chi connectivity index (χ1) is 10.9. The Morgan fingerprint density at radius 3 is 1.59 bits per heavy atom. The van der Waals surface area contributed by atoms with Crippen molar-refractivity contribution in [1.29, 1.82) is 0 Å². The average molecular weight is 300 g/mol. The molecule has 0 unspecified atom stereocenters. The van der Waals surface area contributed by atoms with Crippen molar-refractivity contribution in [3.63, 3.8) is 0 Å². The van der Waals surface area contributed by atoms with Gasteiger partial charge in [-0.15, -0.1) is 0 Å². The molecule has 1 N–H and O–H groups in total. The Hall–Kier alpha value is -1.68. The highest BCUT2D eigenvalue weighted by molar-refractivity contribution is 5.14. The highest BCUT2D eigenvalue weighted by atomic mass is 16.5. The minimum absolute atomic E-state index is 0.161. The second-order valence-corrected chi connectivity index (χ2v) is 5.38. The fraction of sp³-hybridized carbons (Fsp3) is 0.368. The van der Waals surface area contributed by atoms with Crippen LogP contribution in [-0.2, 0) is 22.7 Å². The lowest BCUT2D eigenvalue weighted by Crippen LogP contribution is -2.17. The number of aliphatic hydroxyl groups is 1. The number of hydrogen-bond acceptors (Lipinski definition) is 3. The van der Waals surface area contributed by atoms with E-state index in [2.05, 4.69) is 0 Å². The van der Waals surface area contributed by atoms with Gasteiger partial charge < -0.3 is 14.6 Å². The van der Waals surface area contributed by atoms with Crippen LogP contribution < -0.4 is 0 Å². The van der Waals surface area contributed by atoms with Crippen LogP contribution in [0.2, 0.25) is 0 Å². The Morgan fingerprint density at radius 2 is 1.18 bits per heavy atom. The second-order valence-electron chi connectivity index (χ2n) is 5.38. The van der Waals surface area contributed by atoms with Crippen LogP contribution in [0.25, 0.3) is 0 Å². The Morgan fingerprint density at radius 1 is 0.727 bits per heavy atom. The standard InChI is InChI=1S/C19H24O3/c20-12-11-19(15-21-13-17-7-3-1-4-8-17)16-22-14-18-9-5-2-6-10-18/h1-10,19-20H,11-16H2. The number of hydrogen-bond donors (Lipinski definition) is 1. The number of rotatable bonds is 10. The highest BCUT2D eigenvalue weighted by Gasteiger charge is 2.09. The Kier molecular flexibility index (Phi) is 7.67. The van der Waals surface area contributed by atoms with E-state index in [0.717, 1.165) is 11.1 Å². The molecule has 22 heavy (non-hydrogen) atoms. The van der Waals surface area contributed by atoms with E-state index >= 15 is 0 Å². The van der Waals surface area contributed by atoms with E-state index in [1.807, 2.05) is 60.7 Å². The molecule has 0 radical (unpaired) electrons. The van der Waals surface area contributed by atoms with Crippen LogP contribution in [0.4, 0.5) is 0 Å². The molecule has 3 nitrogen and oxygen atoms in total. The maximum Gasteiger partial charge on any atom is 0.0717 e. The van der Waals surface area contributed by atoms with Crippen LogP contribution >= 0.6 is 0 Å². The maximum atomic E-state index is 9.16. The lowest BCUT2D eigenvalue weighted by atomic mass is 10.1. The zero-order valence-corrected chi connectivity index (χ0v) is 12.9. The predicted octanol–water partition coefficient (Wildman–Crippen LogP) is 3.42. The molecular weight excluding hydrogens is 276 g/mol. The first kappa shape index (κ1) is 16.7. The van der Waals surface area contributed by atoms with Gasteiger partial charge in [-0.05, 0) is 17.5 Å². The van der Waals surface area contributed by atoms with Crippen LogP contribution in [0, 0.1) is 5.92 Å². The highest BCUT2D eigenvalue weighted by Crippen LogP contribution is 2.09. The zero-order valence-electron chi connectivity index (χ0n) is 12.9. The van der Waals surface area contributed by atoms with Crippen LogP contribution in [0.3, 0.4) is 0 Å². The van der Waals surface area contributed by atoms with Gasteiger partial charge in [0.1, 0.15) is 0 Å². The van der Waals surface area contributed by atoms with E-state index in [4.69, 9.17) is 14.6 Å². The fourth-order valence-electron chi connectivity index (χ4n) is 2.23. The monoisotopic (exact) mass is 300 g/mol. The molecule has 2 rings (SSSR count). The minimum atomic E-state index is 0.161. The molecule has 0 aliphatic carbocycles. The van der Waals surface area contributed by atoms with Gasteiger partial charge in [0.15, 0.2) is 0 Å². The van der Waals surface area contributed by atoms with Gasteiger partial charge in [0.25, 0.3) is 0 Å². The first-order valence-corrected chi connectivity index (χ1v) is 7.72. The molecule has 0 saturated heterocycles. The summed E-state index contributed by atoms with van der Waals surface area (Å²) in [6.45, 7) is 2.56. The summed E-state index contributed by atoms with van der Waals surface area (Å²) >= 11 is 0. The third kappa shape index (κ3) is 6.39. The summed E-state index contributed by atoms with van der Waals surface area (Å²) < 4.78 is 11.5. The summed E-state index contributed by atoms with van der Waals surface area (Å²) in [5, 5.41) is 9.16. The molecule has 0 amide bonds. The molecule has 0 aliphatic rings. The molecule has 2 aromatic rings. The number of ether oxygens (including phenoxy) is 2. The van der Waals surface area contributed by atoms with Gasteiger partial charge in [-0.1, -0.05) is 60.7 Å². The largest absolute Gasteiger partial charge is 0.396 e. The maximum absolute atomic E-state index is 9.16. The molecule has 118 valence electrons. The van der Waals surface area contributed by atoms with Crippen molar-refractivity contribution in [2.24, 2.45) is 5.92 Å². The predicted molar refractivity (Wildman–Crippen MR) is 87.4 cm³/mol. The summed E-state index contributed by atoms with van der Waals surface area (Å²) in [5.41, 5.74) is 2.32. The SMILES string of the molecule is OCCC(COCc1ccccc1)COCc1ccccc1. The molecule has 2 aromatic carbocycles. The van der Waals surface area contributed by atoms with Gasteiger partial charge in [-0.2, -0.15) is 0 Å². The first-order valence-electron chi connectivity index (χ1n) is 7.72. The quantitative estimate of drug-likeness (QED) is 0.730. The van der Waals surface area contributed by atoms with Crippen LogP contribution in [-0.4, -0.2) is 24.9 Å². The molecule has 3 heteroatoms. The summed E-state index contributed by atoms with van der Waals surface area (Å²) in [7, 11) is 0. The van der Waals surface area contributed by atoms with E-state index < -0.39 is 0 Å². The van der Waals surface area contributed by atoms with Gasteiger partial charge in [0.05, 0.1) is 26.4 Å². The molecule has 0 aliphatic heterocycles. The topological polar surface area (TPSA) is 38.7 Å². The van der Waals surface area contributed by atoms with Crippen molar-refractivity contribution >= 4 is 0 Å². The molecule has 0 saturated carbocycles. The lowest BCUT2D eigenvalue weighted by molar-refractivity contribution is 0.0182. The van der Waals surface area contributed by atoms with Gasteiger partial charge in [0.2, 0.25) is 0 Å². The molecule has 0 spiro atoms. The molecule has 0 fully saturated rings. The third-order valence-electron chi connectivity index (χ3n) is 3.47. The summed E-state index contributed by atoms with van der Waals surface area (Å²) in [6, 6.07) is 20.2. The third-order valence-corrected chi connectivity index (χ3v) is 3.47. The van der Waals surface area contributed by atoms with Crippen molar-refractivity contribution in [2.45, 2.75) is 19.6 Å². The number of benzene rings is 2. The smallest absolute Gasteiger partial charge is 0.0717 e. The van der Waals surface area contributed by atoms with Gasteiger partial charge in [-0.25, -0.2) is 0 Å². The van der Waals surface area contributed by atoms with Gasteiger partial charge in [-0.3, -0.25) is 0 Å².